The first kappa shape index (κ1) is 15.8. The number of hydrogen-bond donors (Lipinski definition) is 5. The van der Waals surface area contributed by atoms with Crippen LogP contribution in [0.4, 0.5) is 0 Å². The van der Waals surface area contributed by atoms with Crippen molar-refractivity contribution in [1.82, 2.24) is 9.97 Å². The van der Waals surface area contributed by atoms with Crippen LogP contribution in [-0.2, 0) is 10.5 Å². The lowest BCUT2D eigenvalue weighted by molar-refractivity contribution is -0.359. The highest BCUT2D eigenvalue weighted by molar-refractivity contribution is 6.32. The monoisotopic (exact) mass is 326 g/mol. The van der Waals surface area contributed by atoms with Gasteiger partial charge in [0.1, 0.15) is 35.3 Å². The molecule has 5 N–H and O–H groups in total. The van der Waals surface area contributed by atoms with E-state index < -0.39 is 36.8 Å². The maximum atomic E-state index is 10.4. The van der Waals surface area contributed by atoms with E-state index in [0.29, 0.717) is 0 Å². The van der Waals surface area contributed by atoms with Crippen LogP contribution in [0, 0.1) is 0 Å². The third-order valence-corrected chi connectivity index (χ3v) is 3.45. The maximum absolute atomic E-state index is 10.4. The van der Waals surface area contributed by atoms with E-state index in [1.165, 1.54) is 0 Å². The normalized spacial score (nSPS) is 38.0. The Morgan fingerprint density at radius 1 is 1.25 bits per heavy atom. The van der Waals surface area contributed by atoms with Crippen LogP contribution in [0.5, 0.6) is 0 Å². The Balaban J connectivity index is 2.46. The van der Waals surface area contributed by atoms with E-state index in [9.17, 15) is 20.4 Å². The lowest BCUT2D eigenvalue weighted by Crippen LogP contribution is -2.63. The topological polar surface area (TPSA) is 136 Å². The van der Waals surface area contributed by atoms with Crippen molar-refractivity contribution < 1.29 is 30.3 Å². The van der Waals surface area contributed by atoms with Gasteiger partial charge in [-0.25, -0.2) is 9.97 Å². The van der Waals surface area contributed by atoms with Crippen molar-refractivity contribution in [3.8, 4) is 0 Å². The lowest BCUT2D eigenvalue weighted by Gasteiger charge is -2.44. The molecule has 0 saturated carbocycles. The van der Waals surface area contributed by atoms with Gasteiger partial charge in [-0.2, -0.15) is 0 Å². The van der Waals surface area contributed by atoms with E-state index in [4.69, 9.17) is 33.0 Å². The fourth-order valence-corrected chi connectivity index (χ4v) is 2.39. The van der Waals surface area contributed by atoms with Gasteiger partial charge in [-0.05, 0) is 0 Å². The van der Waals surface area contributed by atoms with Crippen molar-refractivity contribution in [2.45, 2.75) is 30.2 Å². The van der Waals surface area contributed by atoms with Gasteiger partial charge in [0.15, 0.2) is 5.15 Å². The highest BCUT2D eigenvalue weighted by atomic mass is 35.5. The van der Waals surface area contributed by atoms with Crippen LogP contribution in [-0.4, -0.2) is 66.5 Å². The summed E-state index contributed by atoms with van der Waals surface area (Å²) in [7, 11) is 0. The van der Waals surface area contributed by atoms with Crippen LogP contribution in [0.1, 0.15) is 5.69 Å². The molecule has 2 heterocycles. The summed E-state index contributed by atoms with van der Waals surface area (Å²) in [5.74, 6) is -2.54. The molecule has 8 nitrogen and oxygen atoms in total. The Hall–Kier alpha value is -0.580. The maximum Gasteiger partial charge on any atom is 0.243 e. The van der Waals surface area contributed by atoms with Crippen LogP contribution >= 0.6 is 23.2 Å². The first-order valence-corrected chi connectivity index (χ1v) is 6.30. The Morgan fingerprint density at radius 2 is 1.90 bits per heavy atom. The molecule has 10 heteroatoms. The largest absolute Gasteiger partial charge is 0.394 e. The Morgan fingerprint density at radius 3 is 2.45 bits per heavy atom. The zero-order chi connectivity index (χ0) is 15.1. The van der Waals surface area contributed by atoms with Crippen LogP contribution in [0.15, 0.2) is 6.20 Å². The summed E-state index contributed by atoms with van der Waals surface area (Å²) in [5, 5.41) is 48.3. The molecule has 0 bridgehead atoms. The molecule has 1 fully saturated rings. The van der Waals surface area contributed by atoms with Crippen molar-refractivity contribution in [2.75, 3.05) is 6.61 Å². The third-order valence-electron chi connectivity index (χ3n) is 3.01. The fourth-order valence-electron chi connectivity index (χ4n) is 1.94. The quantitative estimate of drug-likeness (QED) is 0.438. The predicted octanol–water partition coefficient (Wildman–Crippen LogP) is -1.60. The number of ether oxygens (including phenoxy) is 1. The molecule has 0 aromatic carbocycles. The zero-order valence-corrected chi connectivity index (χ0v) is 11.4. The summed E-state index contributed by atoms with van der Waals surface area (Å²) in [6, 6.07) is 0. The molecule has 0 spiro atoms. The molecule has 1 aliphatic heterocycles. The summed E-state index contributed by atoms with van der Waals surface area (Å²) in [6.45, 7) is -0.702. The minimum absolute atomic E-state index is 0.0491. The van der Waals surface area contributed by atoms with E-state index in [2.05, 4.69) is 9.97 Å². The van der Waals surface area contributed by atoms with Crippen LogP contribution in [0.2, 0.25) is 10.3 Å². The first-order valence-electron chi connectivity index (χ1n) is 5.55. The van der Waals surface area contributed by atoms with E-state index in [1.807, 2.05) is 0 Å². The fraction of sp³-hybridized carbons (Fsp3) is 0.600. The average molecular weight is 327 g/mol. The van der Waals surface area contributed by atoms with E-state index in [0.717, 1.165) is 6.20 Å². The molecular weight excluding hydrogens is 315 g/mol. The molecule has 2 rings (SSSR count). The van der Waals surface area contributed by atoms with Crippen LogP contribution in [0.25, 0.3) is 0 Å². The van der Waals surface area contributed by atoms with Gasteiger partial charge in [0.05, 0.1) is 12.8 Å². The van der Waals surface area contributed by atoms with Gasteiger partial charge in [0, 0.05) is 0 Å². The molecule has 1 unspecified atom stereocenters. The molecule has 0 aliphatic carbocycles. The molecule has 20 heavy (non-hydrogen) atoms. The number of aromatic nitrogens is 2. The summed E-state index contributed by atoms with van der Waals surface area (Å²) >= 11 is 11.4. The Kier molecular flexibility index (Phi) is 4.47. The van der Waals surface area contributed by atoms with Crippen LogP contribution in [0.3, 0.4) is 0 Å². The van der Waals surface area contributed by atoms with Crippen molar-refractivity contribution in [3.05, 3.63) is 22.2 Å². The molecular formula is C10H12Cl2N2O6. The summed E-state index contributed by atoms with van der Waals surface area (Å²) < 4.78 is 5.04. The molecule has 1 saturated heterocycles. The number of nitrogens with zero attached hydrogens (tertiary/aromatic N) is 2. The smallest absolute Gasteiger partial charge is 0.243 e. The van der Waals surface area contributed by atoms with Gasteiger partial charge < -0.3 is 30.3 Å². The highest BCUT2D eigenvalue weighted by Crippen LogP contribution is 2.37. The van der Waals surface area contributed by atoms with E-state index >= 15 is 0 Å². The molecule has 0 amide bonds. The summed E-state index contributed by atoms with van der Waals surface area (Å²) in [5.41, 5.74) is -0.388. The molecule has 112 valence electrons. The van der Waals surface area contributed by atoms with Gasteiger partial charge in [-0.1, -0.05) is 23.2 Å². The van der Waals surface area contributed by atoms with Gasteiger partial charge in [-0.3, -0.25) is 0 Å². The standard InChI is InChI=1S/C10H12Cl2N2O6/c11-4-1-13-7(9(12)14-4)10(19)8(18)6(17)5(16)3(2-15)20-10/h1,3,5-6,8,15-19H,2H2/t3-,5-,6+,8-,10?/m1/s1. The van der Waals surface area contributed by atoms with Crippen molar-refractivity contribution in [2.24, 2.45) is 0 Å². The molecule has 1 aromatic rings. The minimum atomic E-state index is -2.54. The van der Waals surface area contributed by atoms with E-state index in [1.54, 1.807) is 0 Å². The van der Waals surface area contributed by atoms with E-state index in [-0.39, 0.29) is 16.0 Å². The molecule has 5 atom stereocenters. The van der Waals surface area contributed by atoms with Crippen molar-refractivity contribution in [3.63, 3.8) is 0 Å². The number of hydrogen-bond acceptors (Lipinski definition) is 8. The summed E-state index contributed by atoms with van der Waals surface area (Å²) in [4.78, 5) is 7.35. The van der Waals surface area contributed by atoms with Gasteiger partial charge >= 0.3 is 0 Å². The second-order valence-corrected chi connectivity index (χ2v) is 5.04. The second-order valence-electron chi connectivity index (χ2n) is 4.29. The summed E-state index contributed by atoms with van der Waals surface area (Å²) in [6.07, 6.45) is -5.60. The molecule has 1 aliphatic rings. The second kappa shape index (κ2) is 5.66. The third kappa shape index (κ3) is 2.49. The number of rotatable bonds is 2. The van der Waals surface area contributed by atoms with Crippen molar-refractivity contribution >= 4 is 23.2 Å². The number of halogens is 2. The SMILES string of the molecule is OC[C@H]1OC(O)(c2ncc(Cl)nc2Cl)[C@H](O)[C@@H](O)[C@@H]1O. The number of aliphatic hydroxyl groups is 5. The van der Waals surface area contributed by atoms with Crippen LogP contribution < -0.4 is 0 Å². The Bertz CT molecular complexity index is 505. The minimum Gasteiger partial charge on any atom is -0.394 e. The molecule has 0 radical (unpaired) electrons. The van der Waals surface area contributed by atoms with Gasteiger partial charge in [-0.15, -0.1) is 0 Å². The Labute approximate surface area is 123 Å². The van der Waals surface area contributed by atoms with Crippen molar-refractivity contribution in [1.29, 1.82) is 0 Å². The lowest BCUT2D eigenvalue weighted by atomic mass is 9.91. The van der Waals surface area contributed by atoms with Gasteiger partial charge in [0.2, 0.25) is 5.79 Å². The first-order chi connectivity index (χ1) is 9.31. The molecule has 1 aromatic heterocycles. The predicted molar refractivity (Wildman–Crippen MR) is 65.9 cm³/mol. The van der Waals surface area contributed by atoms with Gasteiger partial charge in [0.25, 0.3) is 0 Å². The number of aliphatic hydroxyl groups excluding tert-OH is 4. The highest BCUT2D eigenvalue weighted by Gasteiger charge is 2.55. The zero-order valence-electron chi connectivity index (χ0n) is 9.89. The average Bonchev–Trinajstić information content (AvgIpc) is 2.40.